The normalized spacial score (nSPS) is 9.82. The first kappa shape index (κ1) is 18.1. The Balaban J connectivity index is 0. The van der Waals surface area contributed by atoms with E-state index in [-0.39, 0.29) is 33.7 Å². The average Bonchev–Trinajstić information content (AvgIpc) is 2.24. The molecule has 0 saturated carbocycles. The molecule has 8 heteroatoms. The van der Waals surface area contributed by atoms with Crippen LogP contribution in [-0.2, 0) is 28.2 Å². The van der Waals surface area contributed by atoms with Crippen LogP contribution in [0.25, 0.3) is 0 Å². The fourth-order valence-corrected chi connectivity index (χ4v) is 0.868. The average molecular weight is 267 g/mol. The maximum atomic E-state index is 10.9. The second-order valence-electron chi connectivity index (χ2n) is 2.41. The Morgan fingerprint density at radius 3 is 2.41 bits per heavy atom. The van der Waals surface area contributed by atoms with Gasteiger partial charge in [-0.05, 0) is 0 Å². The number of esters is 2. The van der Waals surface area contributed by atoms with E-state index in [2.05, 4.69) is 20.6 Å². The molecule has 0 fully saturated rings. The standard InChI is InChI=1S/C8H11O7P.CH4/c1-2-7(9)13-4-3-8(10)14-5-6-15-16(11)12;/h2H,1,3-6H2;1H4/p+1. The molecule has 1 N–H and O–H groups in total. The summed E-state index contributed by atoms with van der Waals surface area (Å²) in [4.78, 5) is 29.7. The molecule has 0 aliphatic heterocycles. The van der Waals surface area contributed by atoms with Gasteiger partial charge in [0.2, 0.25) is 0 Å². The molecule has 1 unspecified atom stereocenters. The predicted octanol–water partition coefficient (Wildman–Crippen LogP) is 0.951. The largest absolute Gasteiger partial charge is 0.694 e. The Labute approximate surface area is 100 Å². The second kappa shape index (κ2) is 11.2. The van der Waals surface area contributed by atoms with Gasteiger partial charge in [0.1, 0.15) is 19.8 Å². The number of hydrogen-bond acceptors (Lipinski definition) is 6. The van der Waals surface area contributed by atoms with Crippen molar-refractivity contribution < 1.29 is 33.0 Å². The van der Waals surface area contributed by atoms with Crippen LogP contribution >= 0.6 is 8.25 Å². The van der Waals surface area contributed by atoms with Crippen molar-refractivity contribution in [2.24, 2.45) is 0 Å². The molecule has 98 valence electrons. The molecule has 0 bridgehead atoms. The minimum Gasteiger partial charge on any atom is -0.463 e. The SMILES string of the molecule is C.C=CC(=O)OCCC(=O)OCCO[P+](=O)O. The summed E-state index contributed by atoms with van der Waals surface area (Å²) in [6.07, 6.45) is 0.891. The molecule has 17 heavy (non-hydrogen) atoms. The molecular weight excluding hydrogens is 251 g/mol. The van der Waals surface area contributed by atoms with Crippen LogP contribution in [0.2, 0.25) is 0 Å². The van der Waals surface area contributed by atoms with Gasteiger partial charge >= 0.3 is 20.2 Å². The fraction of sp³-hybridized carbons (Fsp3) is 0.556. The first-order valence-corrected chi connectivity index (χ1v) is 5.43. The number of ether oxygens (including phenoxy) is 2. The molecule has 1 atom stereocenters. The number of carbonyl (C=O) groups excluding carboxylic acids is 2. The Hall–Kier alpha value is -1.30. The zero-order valence-electron chi connectivity index (χ0n) is 8.46. The first-order chi connectivity index (χ1) is 7.56. The van der Waals surface area contributed by atoms with Gasteiger partial charge in [-0.3, -0.25) is 4.79 Å². The molecule has 0 amide bonds. The maximum Gasteiger partial charge on any atom is 0.694 e. The van der Waals surface area contributed by atoms with Gasteiger partial charge in [-0.1, -0.05) is 14.0 Å². The quantitative estimate of drug-likeness (QED) is 0.302. The van der Waals surface area contributed by atoms with Crippen molar-refractivity contribution in [3.8, 4) is 0 Å². The highest BCUT2D eigenvalue weighted by Gasteiger charge is 2.12. The smallest absolute Gasteiger partial charge is 0.463 e. The van der Waals surface area contributed by atoms with Crippen molar-refractivity contribution in [1.82, 2.24) is 0 Å². The van der Waals surface area contributed by atoms with Crippen LogP contribution in [0.3, 0.4) is 0 Å². The van der Waals surface area contributed by atoms with E-state index in [1.807, 2.05) is 0 Å². The van der Waals surface area contributed by atoms with E-state index < -0.39 is 20.2 Å². The molecular formula is C9H16O7P+. The van der Waals surface area contributed by atoms with Gasteiger partial charge in [-0.2, -0.15) is 0 Å². The van der Waals surface area contributed by atoms with Crippen molar-refractivity contribution in [2.75, 3.05) is 19.8 Å². The van der Waals surface area contributed by atoms with Crippen LogP contribution in [0.5, 0.6) is 0 Å². The Bertz CT molecular complexity index is 277. The molecule has 0 saturated heterocycles. The number of hydrogen-bond donors (Lipinski definition) is 1. The number of carbonyl (C=O) groups is 2. The van der Waals surface area contributed by atoms with Crippen LogP contribution < -0.4 is 0 Å². The zero-order valence-corrected chi connectivity index (χ0v) is 9.35. The fourth-order valence-electron chi connectivity index (χ4n) is 0.637. The van der Waals surface area contributed by atoms with Gasteiger partial charge < -0.3 is 9.47 Å². The molecule has 0 radical (unpaired) electrons. The van der Waals surface area contributed by atoms with Gasteiger partial charge in [0.05, 0.1) is 6.42 Å². The maximum absolute atomic E-state index is 10.9. The summed E-state index contributed by atoms with van der Waals surface area (Å²) in [6, 6.07) is 0. The topological polar surface area (TPSA) is 99.1 Å². The summed E-state index contributed by atoms with van der Waals surface area (Å²) in [5.41, 5.74) is 0. The highest BCUT2D eigenvalue weighted by atomic mass is 31.1. The van der Waals surface area contributed by atoms with Gasteiger partial charge in [0.25, 0.3) is 0 Å². The minimum atomic E-state index is -2.67. The van der Waals surface area contributed by atoms with E-state index in [1.54, 1.807) is 0 Å². The van der Waals surface area contributed by atoms with Crippen LogP contribution in [0, 0.1) is 0 Å². The van der Waals surface area contributed by atoms with Crippen molar-refractivity contribution in [1.29, 1.82) is 0 Å². The van der Waals surface area contributed by atoms with E-state index in [0.29, 0.717) is 0 Å². The van der Waals surface area contributed by atoms with Crippen molar-refractivity contribution in [2.45, 2.75) is 13.8 Å². The number of rotatable bonds is 8. The van der Waals surface area contributed by atoms with E-state index in [0.717, 1.165) is 6.08 Å². The lowest BCUT2D eigenvalue weighted by molar-refractivity contribution is -0.147. The van der Waals surface area contributed by atoms with Crippen LogP contribution in [0.4, 0.5) is 0 Å². The van der Waals surface area contributed by atoms with E-state index in [4.69, 9.17) is 4.89 Å². The van der Waals surface area contributed by atoms with Gasteiger partial charge in [0.15, 0.2) is 0 Å². The third-order valence-corrected chi connectivity index (χ3v) is 1.67. The molecule has 0 aromatic carbocycles. The molecule has 0 heterocycles. The molecule has 0 aromatic rings. The van der Waals surface area contributed by atoms with Gasteiger partial charge in [-0.25, -0.2) is 4.79 Å². The van der Waals surface area contributed by atoms with Gasteiger partial charge in [-0.15, -0.1) is 9.42 Å². The highest BCUT2D eigenvalue weighted by Crippen LogP contribution is 2.12. The lowest BCUT2D eigenvalue weighted by Gasteiger charge is -2.02. The molecule has 7 nitrogen and oxygen atoms in total. The molecule has 0 rings (SSSR count). The molecule has 0 aromatic heterocycles. The van der Waals surface area contributed by atoms with E-state index in [9.17, 15) is 14.2 Å². The lowest BCUT2D eigenvalue weighted by atomic mass is 10.4. The van der Waals surface area contributed by atoms with Crippen LogP contribution in [0.15, 0.2) is 12.7 Å². The molecule has 0 spiro atoms. The third-order valence-electron chi connectivity index (χ3n) is 1.27. The van der Waals surface area contributed by atoms with Crippen molar-refractivity contribution >= 4 is 20.2 Å². The van der Waals surface area contributed by atoms with Crippen LogP contribution in [-0.4, -0.2) is 36.7 Å². The summed E-state index contributed by atoms with van der Waals surface area (Å²) >= 11 is 0. The molecule has 0 aliphatic rings. The first-order valence-electron chi connectivity index (χ1n) is 4.30. The zero-order chi connectivity index (χ0) is 12.4. The predicted molar refractivity (Wildman–Crippen MR) is 59.2 cm³/mol. The van der Waals surface area contributed by atoms with E-state index >= 15 is 0 Å². The minimum absolute atomic E-state index is 0. The third kappa shape index (κ3) is 12.6. The summed E-state index contributed by atoms with van der Waals surface area (Å²) in [6.45, 7) is 2.79. The highest BCUT2D eigenvalue weighted by molar-refractivity contribution is 7.32. The lowest BCUT2D eigenvalue weighted by Crippen LogP contribution is -2.13. The van der Waals surface area contributed by atoms with E-state index in [1.165, 1.54) is 0 Å². The second-order valence-corrected chi connectivity index (χ2v) is 3.15. The summed E-state index contributed by atoms with van der Waals surface area (Å²) in [5.74, 6) is -1.21. The van der Waals surface area contributed by atoms with Crippen molar-refractivity contribution in [3.05, 3.63) is 12.7 Å². The van der Waals surface area contributed by atoms with Crippen molar-refractivity contribution in [3.63, 3.8) is 0 Å². The van der Waals surface area contributed by atoms with Crippen LogP contribution in [0.1, 0.15) is 13.8 Å². The summed E-state index contributed by atoms with van der Waals surface area (Å²) < 4.78 is 23.4. The summed E-state index contributed by atoms with van der Waals surface area (Å²) in [7, 11) is -2.67. The monoisotopic (exact) mass is 267 g/mol. The Morgan fingerprint density at radius 2 is 1.88 bits per heavy atom. The van der Waals surface area contributed by atoms with Gasteiger partial charge in [0, 0.05) is 10.6 Å². The Kier molecular flexibility index (Phi) is 11.9. The Morgan fingerprint density at radius 1 is 1.24 bits per heavy atom. The summed E-state index contributed by atoms with van der Waals surface area (Å²) in [5, 5.41) is 0. The molecule has 0 aliphatic carbocycles.